The zero-order chi connectivity index (χ0) is 19.9. The second-order valence-corrected chi connectivity index (χ2v) is 9.25. The number of halogens is 2. The van der Waals surface area contributed by atoms with Gasteiger partial charge in [0.05, 0.1) is 5.69 Å². The minimum Gasteiger partial charge on any atom is -0.355 e. The van der Waals surface area contributed by atoms with Crippen LogP contribution in [0.3, 0.4) is 0 Å². The molecule has 2 aliphatic rings. The lowest BCUT2D eigenvalue weighted by atomic mass is 9.95. The van der Waals surface area contributed by atoms with E-state index in [0.717, 1.165) is 0 Å². The van der Waals surface area contributed by atoms with Gasteiger partial charge in [0.1, 0.15) is 10.7 Å². The van der Waals surface area contributed by atoms with Crippen molar-refractivity contribution in [3.05, 3.63) is 58.3 Å². The van der Waals surface area contributed by atoms with Crippen LogP contribution in [-0.2, 0) is 14.8 Å². The molecule has 0 unspecified atom stereocenters. The molecule has 0 aromatic heterocycles. The second-order valence-electron chi connectivity index (χ2n) is 6.76. The highest BCUT2D eigenvalue weighted by Gasteiger charge is 2.34. The van der Waals surface area contributed by atoms with Crippen molar-refractivity contribution in [3.8, 4) is 0 Å². The maximum absolute atomic E-state index is 13.9. The molecule has 0 saturated carbocycles. The maximum Gasteiger partial charge on any atom is 0.285 e. The van der Waals surface area contributed by atoms with Gasteiger partial charge in [-0.05, 0) is 43.2 Å². The van der Waals surface area contributed by atoms with Crippen molar-refractivity contribution in [2.24, 2.45) is 10.3 Å². The fourth-order valence-corrected chi connectivity index (χ4v) is 5.06. The Morgan fingerprint density at radius 2 is 1.89 bits per heavy atom. The fraction of sp³-hybridized carbons (Fsp3) is 0.263. The summed E-state index contributed by atoms with van der Waals surface area (Å²) in [5.74, 6) is -0.564. The van der Waals surface area contributed by atoms with Crippen LogP contribution >= 0.6 is 15.9 Å². The Morgan fingerprint density at radius 3 is 2.61 bits per heavy atom. The molecule has 2 heterocycles. The zero-order valence-corrected chi connectivity index (χ0v) is 17.1. The number of hydrogen-bond donors (Lipinski definition) is 1. The second kappa shape index (κ2) is 7.29. The van der Waals surface area contributed by atoms with Crippen LogP contribution in [0, 0.1) is 11.7 Å². The van der Waals surface area contributed by atoms with Gasteiger partial charge in [-0.15, -0.1) is 4.40 Å². The summed E-state index contributed by atoms with van der Waals surface area (Å²) in [5, 5.41) is 2.64. The number of likely N-dealkylation sites (tertiary alicyclic amines) is 1. The zero-order valence-electron chi connectivity index (χ0n) is 14.7. The quantitative estimate of drug-likeness (QED) is 0.736. The van der Waals surface area contributed by atoms with Crippen molar-refractivity contribution >= 4 is 43.4 Å². The first-order valence-electron chi connectivity index (χ1n) is 8.80. The highest BCUT2D eigenvalue weighted by molar-refractivity contribution is 9.10. The van der Waals surface area contributed by atoms with E-state index in [1.807, 2.05) is 4.90 Å². The molecule has 4 rings (SSSR count). The standard InChI is InChI=1S/C19H17BrFN3O3S/c20-13-5-6-16(15(21)11-13)22-19(25)12-7-9-24(10-8-12)18-14-3-1-2-4-17(14)28(26,27)23-18/h1-6,11-12H,7-10H2,(H,22,25). The maximum atomic E-state index is 13.9. The number of rotatable bonds is 2. The minimum absolute atomic E-state index is 0.149. The largest absolute Gasteiger partial charge is 0.355 e. The van der Waals surface area contributed by atoms with E-state index in [-0.39, 0.29) is 22.4 Å². The van der Waals surface area contributed by atoms with E-state index in [1.54, 1.807) is 30.3 Å². The van der Waals surface area contributed by atoms with Gasteiger partial charge in [0.25, 0.3) is 10.0 Å². The van der Waals surface area contributed by atoms with E-state index in [1.165, 1.54) is 12.1 Å². The summed E-state index contributed by atoms with van der Waals surface area (Å²) < 4.78 is 42.9. The first-order chi connectivity index (χ1) is 13.3. The molecule has 28 heavy (non-hydrogen) atoms. The number of benzene rings is 2. The van der Waals surface area contributed by atoms with Crippen LogP contribution in [0.15, 0.2) is 56.2 Å². The molecule has 0 bridgehead atoms. The van der Waals surface area contributed by atoms with Crippen molar-refractivity contribution in [2.45, 2.75) is 17.7 Å². The van der Waals surface area contributed by atoms with Crippen LogP contribution in [-0.4, -0.2) is 38.2 Å². The number of anilines is 1. The molecule has 6 nitrogen and oxygen atoms in total. The summed E-state index contributed by atoms with van der Waals surface area (Å²) in [6, 6.07) is 11.2. The molecule has 0 atom stereocenters. The number of nitrogens with one attached hydrogen (secondary N) is 1. The first kappa shape index (κ1) is 19.1. The number of amidine groups is 1. The lowest BCUT2D eigenvalue weighted by Gasteiger charge is -2.32. The van der Waals surface area contributed by atoms with E-state index in [2.05, 4.69) is 25.6 Å². The normalized spacial score (nSPS) is 18.5. The third kappa shape index (κ3) is 3.56. The number of fused-ring (bicyclic) bond motifs is 1. The average molecular weight is 466 g/mol. The summed E-state index contributed by atoms with van der Waals surface area (Å²) in [5.41, 5.74) is 0.748. The summed E-state index contributed by atoms with van der Waals surface area (Å²) in [6.07, 6.45) is 1.07. The van der Waals surface area contributed by atoms with E-state index in [4.69, 9.17) is 0 Å². The van der Waals surface area contributed by atoms with Gasteiger partial charge in [-0.2, -0.15) is 8.42 Å². The fourth-order valence-electron chi connectivity index (χ4n) is 3.50. The summed E-state index contributed by atoms with van der Waals surface area (Å²) in [7, 11) is -3.66. The average Bonchev–Trinajstić information content (AvgIpc) is 2.96. The van der Waals surface area contributed by atoms with Crippen LogP contribution in [0.25, 0.3) is 0 Å². The molecular formula is C19H17BrFN3O3S. The molecule has 2 aromatic carbocycles. The molecule has 1 amide bonds. The molecule has 0 aliphatic carbocycles. The van der Waals surface area contributed by atoms with E-state index in [9.17, 15) is 17.6 Å². The molecule has 0 radical (unpaired) electrons. The number of piperidine rings is 1. The van der Waals surface area contributed by atoms with Gasteiger partial charge in [0, 0.05) is 29.0 Å². The van der Waals surface area contributed by atoms with Crippen molar-refractivity contribution in [3.63, 3.8) is 0 Å². The van der Waals surface area contributed by atoms with Crippen LogP contribution < -0.4 is 5.32 Å². The highest BCUT2D eigenvalue weighted by atomic mass is 79.9. The Bertz CT molecular complexity index is 1080. The Labute approximate surface area is 170 Å². The van der Waals surface area contributed by atoms with Gasteiger partial charge in [-0.3, -0.25) is 4.79 Å². The van der Waals surface area contributed by atoms with Gasteiger partial charge in [0.2, 0.25) is 5.91 Å². The monoisotopic (exact) mass is 465 g/mol. The molecule has 2 aliphatic heterocycles. The Hall–Kier alpha value is -2.26. The predicted molar refractivity (Wildman–Crippen MR) is 107 cm³/mol. The van der Waals surface area contributed by atoms with Crippen molar-refractivity contribution < 1.29 is 17.6 Å². The lowest BCUT2D eigenvalue weighted by Crippen LogP contribution is -2.41. The number of amides is 1. The Balaban J connectivity index is 1.43. The number of carbonyl (C=O) groups is 1. The Morgan fingerprint density at radius 1 is 1.18 bits per heavy atom. The van der Waals surface area contributed by atoms with Gasteiger partial charge in [-0.1, -0.05) is 28.1 Å². The van der Waals surface area contributed by atoms with Crippen molar-refractivity contribution in [1.29, 1.82) is 0 Å². The van der Waals surface area contributed by atoms with E-state index in [0.29, 0.717) is 41.8 Å². The lowest BCUT2D eigenvalue weighted by molar-refractivity contribution is -0.121. The minimum atomic E-state index is -3.66. The summed E-state index contributed by atoms with van der Waals surface area (Å²) in [4.78, 5) is 14.6. The topological polar surface area (TPSA) is 78.8 Å². The molecule has 0 spiro atoms. The third-order valence-corrected chi connectivity index (χ3v) is 6.79. The van der Waals surface area contributed by atoms with Crippen LogP contribution in [0.4, 0.5) is 10.1 Å². The highest BCUT2D eigenvalue weighted by Crippen LogP contribution is 2.30. The first-order valence-corrected chi connectivity index (χ1v) is 11.0. The summed E-state index contributed by atoms with van der Waals surface area (Å²) >= 11 is 3.19. The molecular weight excluding hydrogens is 449 g/mol. The number of nitrogens with zero attached hydrogens (tertiary/aromatic N) is 2. The SMILES string of the molecule is O=C(Nc1ccc(Br)cc1F)C1CCN(C2=NS(=O)(=O)c3ccccc32)CC1. The third-order valence-electron chi connectivity index (χ3n) is 4.97. The van der Waals surface area contributed by atoms with Crippen molar-refractivity contribution in [1.82, 2.24) is 4.90 Å². The molecule has 2 aromatic rings. The molecule has 1 saturated heterocycles. The van der Waals surface area contributed by atoms with Crippen LogP contribution in [0.2, 0.25) is 0 Å². The van der Waals surface area contributed by atoms with E-state index < -0.39 is 15.8 Å². The number of sulfonamides is 1. The molecule has 9 heteroatoms. The molecule has 146 valence electrons. The summed E-state index contributed by atoms with van der Waals surface area (Å²) in [6.45, 7) is 1.01. The molecule has 1 N–H and O–H groups in total. The van der Waals surface area contributed by atoms with Crippen LogP contribution in [0.1, 0.15) is 18.4 Å². The van der Waals surface area contributed by atoms with Gasteiger partial charge >= 0.3 is 0 Å². The van der Waals surface area contributed by atoms with Gasteiger partial charge in [0.15, 0.2) is 5.84 Å². The number of hydrogen-bond acceptors (Lipinski definition) is 4. The smallest absolute Gasteiger partial charge is 0.285 e. The van der Waals surface area contributed by atoms with Gasteiger partial charge < -0.3 is 10.2 Å². The van der Waals surface area contributed by atoms with Crippen molar-refractivity contribution in [2.75, 3.05) is 18.4 Å². The van der Waals surface area contributed by atoms with Gasteiger partial charge in [-0.25, -0.2) is 4.39 Å². The predicted octanol–water partition coefficient (Wildman–Crippen LogP) is 3.39. The Kier molecular flexibility index (Phi) is 4.96. The molecule has 1 fully saturated rings. The van der Waals surface area contributed by atoms with E-state index >= 15 is 0 Å². The van der Waals surface area contributed by atoms with Crippen LogP contribution in [0.5, 0.6) is 0 Å². The number of carbonyl (C=O) groups excluding carboxylic acids is 1.